The van der Waals surface area contributed by atoms with Gasteiger partial charge in [0.1, 0.15) is 11.5 Å². The van der Waals surface area contributed by atoms with Crippen molar-refractivity contribution in [3.8, 4) is 11.5 Å². The first-order chi connectivity index (χ1) is 10.1. The largest absolute Gasteiger partial charge is 0.495 e. The van der Waals surface area contributed by atoms with E-state index in [2.05, 4.69) is 10.3 Å². The molecule has 0 saturated carbocycles. The Morgan fingerprint density at radius 3 is 2.71 bits per heavy atom. The molecule has 1 N–H and O–H groups in total. The predicted molar refractivity (Wildman–Crippen MR) is 80.9 cm³/mol. The number of hydrogen-bond donors (Lipinski definition) is 1. The van der Waals surface area contributed by atoms with Crippen LogP contribution in [0, 0.1) is 0 Å². The van der Waals surface area contributed by atoms with E-state index in [9.17, 15) is 4.79 Å². The average molecular weight is 286 g/mol. The van der Waals surface area contributed by atoms with Crippen molar-refractivity contribution in [2.24, 2.45) is 0 Å². The lowest BCUT2D eigenvalue weighted by molar-refractivity contribution is 0.102. The van der Waals surface area contributed by atoms with E-state index < -0.39 is 0 Å². The number of aromatic nitrogens is 1. The van der Waals surface area contributed by atoms with Crippen LogP contribution in [-0.2, 0) is 0 Å². The van der Waals surface area contributed by atoms with Gasteiger partial charge in [0, 0.05) is 6.20 Å². The second-order valence-corrected chi connectivity index (χ2v) is 4.73. The van der Waals surface area contributed by atoms with Gasteiger partial charge in [0.05, 0.1) is 30.7 Å². The Morgan fingerprint density at radius 1 is 1.24 bits per heavy atom. The fraction of sp³-hybridized carbons (Fsp3) is 0.250. The molecule has 0 saturated heterocycles. The molecule has 0 aliphatic carbocycles. The number of carbonyl (C=O) groups excluding carboxylic acids is 1. The zero-order valence-electron chi connectivity index (χ0n) is 12.3. The molecule has 110 valence electrons. The highest BCUT2D eigenvalue weighted by Crippen LogP contribution is 2.24. The van der Waals surface area contributed by atoms with Gasteiger partial charge >= 0.3 is 0 Å². The highest BCUT2D eigenvalue weighted by Gasteiger charge is 2.11. The molecule has 0 fully saturated rings. The molecule has 2 aromatic rings. The van der Waals surface area contributed by atoms with E-state index in [1.54, 1.807) is 31.5 Å². The predicted octanol–water partition coefficient (Wildman–Crippen LogP) is 3.13. The van der Waals surface area contributed by atoms with Gasteiger partial charge in [-0.3, -0.25) is 9.78 Å². The molecule has 0 atom stereocenters. The van der Waals surface area contributed by atoms with Gasteiger partial charge in [0.2, 0.25) is 0 Å². The van der Waals surface area contributed by atoms with E-state index in [1.807, 2.05) is 26.0 Å². The molecule has 2 rings (SSSR count). The third kappa shape index (κ3) is 3.95. The number of ether oxygens (including phenoxy) is 2. The van der Waals surface area contributed by atoms with Crippen molar-refractivity contribution in [1.29, 1.82) is 0 Å². The first-order valence-electron chi connectivity index (χ1n) is 6.66. The number of carbonyl (C=O) groups is 1. The lowest BCUT2D eigenvalue weighted by Crippen LogP contribution is -2.14. The standard InChI is InChI=1S/C16H18N2O3/c1-11(2)21-13-8-12(9-17-10-13)16(19)18-14-6-4-5-7-15(14)20-3/h4-11H,1-3H3,(H,18,19). The summed E-state index contributed by atoms with van der Waals surface area (Å²) in [6, 6.07) is 8.89. The highest BCUT2D eigenvalue weighted by atomic mass is 16.5. The average Bonchev–Trinajstić information content (AvgIpc) is 2.47. The van der Waals surface area contributed by atoms with Crippen LogP contribution in [0.3, 0.4) is 0 Å². The number of methoxy groups -OCH3 is 1. The quantitative estimate of drug-likeness (QED) is 0.917. The summed E-state index contributed by atoms with van der Waals surface area (Å²) in [6.45, 7) is 3.84. The van der Waals surface area contributed by atoms with Crippen molar-refractivity contribution < 1.29 is 14.3 Å². The van der Waals surface area contributed by atoms with Crippen LogP contribution < -0.4 is 14.8 Å². The molecule has 5 nitrogen and oxygen atoms in total. The Bertz CT molecular complexity index is 626. The molecule has 1 heterocycles. The van der Waals surface area contributed by atoms with Gasteiger partial charge in [0.15, 0.2) is 0 Å². The summed E-state index contributed by atoms with van der Waals surface area (Å²) in [7, 11) is 1.56. The van der Waals surface area contributed by atoms with E-state index in [-0.39, 0.29) is 12.0 Å². The summed E-state index contributed by atoms with van der Waals surface area (Å²) in [4.78, 5) is 16.3. The Labute approximate surface area is 123 Å². The number of benzene rings is 1. The molecule has 1 aromatic carbocycles. The monoisotopic (exact) mass is 286 g/mol. The van der Waals surface area contributed by atoms with Gasteiger partial charge < -0.3 is 14.8 Å². The van der Waals surface area contributed by atoms with Gasteiger partial charge in [-0.15, -0.1) is 0 Å². The minimum absolute atomic E-state index is 0.0272. The van der Waals surface area contributed by atoms with Crippen molar-refractivity contribution in [1.82, 2.24) is 4.98 Å². The Hall–Kier alpha value is -2.56. The summed E-state index contributed by atoms with van der Waals surface area (Å²) in [5.74, 6) is 0.910. The summed E-state index contributed by atoms with van der Waals surface area (Å²) >= 11 is 0. The second-order valence-electron chi connectivity index (χ2n) is 4.73. The van der Waals surface area contributed by atoms with Gasteiger partial charge in [-0.25, -0.2) is 0 Å². The molecule has 0 aliphatic heterocycles. The lowest BCUT2D eigenvalue weighted by Gasteiger charge is -2.12. The molecule has 1 aromatic heterocycles. The number of rotatable bonds is 5. The van der Waals surface area contributed by atoms with Crippen molar-refractivity contribution >= 4 is 11.6 Å². The Balaban J connectivity index is 2.16. The third-order valence-corrected chi connectivity index (χ3v) is 2.70. The summed E-state index contributed by atoms with van der Waals surface area (Å²) < 4.78 is 10.7. The molecule has 1 amide bonds. The number of pyridine rings is 1. The van der Waals surface area contributed by atoms with Gasteiger partial charge in [0.25, 0.3) is 5.91 Å². The molecule has 0 spiro atoms. The van der Waals surface area contributed by atoms with Crippen molar-refractivity contribution in [3.63, 3.8) is 0 Å². The number of hydrogen-bond acceptors (Lipinski definition) is 4. The van der Waals surface area contributed by atoms with Gasteiger partial charge in [-0.2, -0.15) is 0 Å². The van der Waals surface area contributed by atoms with Crippen molar-refractivity contribution in [2.75, 3.05) is 12.4 Å². The molecular formula is C16H18N2O3. The molecular weight excluding hydrogens is 268 g/mol. The minimum Gasteiger partial charge on any atom is -0.495 e. The minimum atomic E-state index is -0.263. The number of nitrogens with zero attached hydrogens (tertiary/aromatic N) is 1. The number of amides is 1. The highest BCUT2D eigenvalue weighted by molar-refractivity contribution is 6.05. The zero-order valence-corrected chi connectivity index (χ0v) is 12.3. The molecule has 21 heavy (non-hydrogen) atoms. The molecule has 0 radical (unpaired) electrons. The maximum atomic E-state index is 12.3. The first kappa shape index (κ1) is 14.8. The first-order valence-corrected chi connectivity index (χ1v) is 6.66. The molecule has 0 aliphatic rings. The Kier molecular flexibility index (Phi) is 4.77. The van der Waals surface area contributed by atoms with Crippen LogP contribution in [0.1, 0.15) is 24.2 Å². The number of anilines is 1. The van der Waals surface area contributed by atoms with Crippen molar-refractivity contribution in [2.45, 2.75) is 20.0 Å². The van der Waals surface area contributed by atoms with Crippen LogP contribution >= 0.6 is 0 Å². The van der Waals surface area contributed by atoms with Crippen molar-refractivity contribution in [3.05, 3.63) is 48.3 Å². The van der Waals surface area contributed by atoms with E-state index >= 15 is 0 Å². The zero-order chi connectivity index (χ0) is 15.2. The maximum absolute atomic E-state index is 12.3. The third-order valence-electron chi connectivity index (χ3n) is 2.70. The van der Waals surface area contributed by atoms with E-state index in [4.69, 9.17) is 9.47 Å². The molecule has 5 heteroatoms. The SMILES string of the molecule is COc1ccccc1NC(=O)c1cncc(OC(C)C)c1. The van der Waals surface area contributed by atoms with E-state index in [0.29, 0.717) is 22.7 Å². The maximum Gasteiger partial charge on any atom is 0.257 e. The van der Waals surface area contributed by atoms with Crippen LogP contribution in [0.4, 0.5) is 5.69 Å². The van der Waals surface area contributed by atoms with Crippen LogP contribution in [0.5, 0.6) is 11.5 Å². The fourth-order valence-corrected chi connectivity index (χ4v) is 1.82. The lowest BCUT2D eigenvalue weighted by atomic mass is 10.2. The number of para-hydroxylation sites is 2. The van der Waals surface area contributed by atoms with Gasteiger partial charge in [-0.05, 0) is 32.0 Å². The molecule has 0 bridgehead atoms. The number of nitrogens with one attached hydrogen (secondary N) is 1. The van der Waals surface area contributed by atoms with Crippen LogP contribution in [-0.4, -0.2) is 24.1 Å². The van der Waals surface area contributed by atoms with E-state index in [1.165, 1.54) is 6.20 Å². The fourth-order valence-electron chi connectivity index (χ4n) is 1.82. The van der Waals surface area contributed by atoms with E-state index in [0.717, 1.165) is 0 Å². The smallest absolute Gasteiger partial charge is 0.257 e. The normalized spacial score (nSPS) is 10.3. The second kappa shape index (κ2) is 6.74. The summed E-state index contributed by atoms with van der Waals surface area (Å²) in [5.41, 5.74) is 1.04. The molecule has 0 unspecified atom stereocenters. The Morgan fingerprint density at radius 2 is 2.00 bits per heavy atom. The van der Waals surface area contributed by atoms with Crippen LogP contribution in [0.15, 0.2) is 42.7 Å². The topological polar surface area (TPSA) is 60.5 Å². The van der Waals surface area contributed by atoms with Gasteiger partial charge in [-0.1, -0.05) is 12.1 Å². The van der Waals surface area contributed by atoms with Crippen LogP contribution in [0.2, 0.25) is 0 Å². The summed E-state index contributed by atoms with van der Waals surface area (Å²) in [5, 5.41) is 2.80. The van der Waals surface area contributed by atoms with Crippen LogP contribution in [0.25, 0.3) is 0 Å². The summed E-state index contributed by atoms with van der Waals surface area (Å²) in [6.07, 6.45) is 3.11.